The molecule has 3 heteroatoms. The lowest BCUT2D eigenvalue weighted by molar-refractivity contribution is -0.0274. The highest BCUT2D eigenvalue weighted by molar-refractivity contribution is 4.73. The number of rotatable bonds is 0. The second-order valence-electron chi connectivity index (χ2n) is 2.11. The van der Waals surface area contributed by atoms with Gasteiger partial charge in [0.1, 0.15) is 0 Å². The summed E-state index contributed by atoms with van der Waals surface area (Å²) in [5, 5.41) is 2.86. The minimum absolute atomic E-state index is 0.00694. The van der Waals surface area contributed by atoms with Crippen molar-refractivity contribution in [3.8, 4) is 0 Å². The molecule has 0 aliphatic carbocycles. The summed E-state index contributed by atoms with van der Waals surface area (Å²) in [6.45, 7) is 8.93. The standard InChI is InChI=1S/C5H9F2N.2C2H6/c6-5(7)1-3-8-4-2-5;2*1-2/h8H,1-4H2;2*1-2H3. The number of alkyl halides is 2. The van der Waals surface area contributed by atoms with Crippen molar-refractivity contribution in [2.45, 2.75) is 46.5 Å². The Morgan fingerprint density at radius 3 is 1.42 bits per heavy atom. The molecule has 12 heavy (non-hydrogen) atoms. The van der Waals surface area contributed by atoms with Gasteiger partial charge in [0.05, 0.1) is 0 Å². The van der Waals surface area contributed by atoms with Gasteiger partial charge in [0, 0.05) is 25.9 Å². The van der Waals surface area contributed by atoms with Gasteiger partial charge in [-0.3, -0.25) is 0 Å². The fourth-order valence-corrected chi connectivity index (χ4v) is 0.793. The van der Waals surface area contributed by atoms with E-state index in [1.807, 2.05) is 27.7 Å². The van der Waals surface area contributed by atoms with Crippen LogP contribution in [0.1, 0.15) is 40.5 Å². The van der Waals surface area contributed by atoms with E-state index in [-0.39, 0.29) is 12.8 Å². The van der Waals surface area contributed by atoms with E-state index in [0.29, 0.717) is 13.1 Å². The van der Waals surface area contributed by atoms with Gasteiger partial charge >= 0.3 is 0 Å². The Balaban J connectivity index is 0. The largest absolute Gasteiger partial charge is 0.316 e. The molecule has 1 aliphatic heterocycles. The summed E-state index contributed by atoms with van der Waals surface area (Å²) in [7, 11) is 0. The van der Waals surface area contributed by atoms with Gasteiger partial charge in [-0.15, -0.1) is 0 Å². The Morgan fingerprint density at radius 1 is 0.917 bits per heavy atom. The second-order valence-corrected chi connectivity index (χ2v) is 2.11. The lowest BCUT2D eigenvalue weighted by atomic mass is 10.1. The summed E-state index contributed by atoms with van der Waals surface area (Å²) in [6, 6.07) is 0. The maximum absolute atomic E-state index is 12.2. The summed E-state index contributed by atoms with van der Waals surface area (Å²) in [5.41, 5.74) is 0. The molecule has 76 valence electrons. The van der Waals surface area contributed by atoms with E-state index < -0.39 is 5.92 Å². The predicted molar refractivity (Wildman–Crippen MR) is 49.7 cm³/mol. The van der Waals surface area contributed by atoms with Crippen LogP contribution in [0, 0.1) is 0 Å². The molecule has 1 N–H and O–H groups in total. The highest BCUT2D eigenvalue weighted by atomic mass is 19.3. The van der Waals surface area contributed by atoms with Crippen molar-refractivity contribution in [2.75, 3.05) is 13.1 Å². The number of nitrogens with one attached hydrogen (secondary N) is 1. The van der Waals surface area contributed by atoms with Crippen molar-refractivity contribution in [3.63, 3.8) is 0 Å². The minimum Gasteiger partial charge on any atom is -0.316 e. The summed E-state index contributed by atoms with van der Waals surface area (Å²) in [5.74, 6) is -2.38. The van der Waals surface area contributed by atoms with Crippen LogP contribution in [0.15, 0.2) is 0 Å². The van der Waals surface area contributed by atoms with Crippen LogP contribution in [-0.2, 0) is 0 Å². The van der Waals surface area contributed by atoms with Crippen LogP contribution in [0.2, 0.25) is 0 Å². The molecule has 0 aromatic heterocycles. The highest BCUT2D eigenvalue weighted by Crippen LogP contribution is 2.23. The molecule has 0 amide bonds. The molecule has 0 aromatic rings. The molecule has 1 rings (SSSR count). The SMILES string of the molecule is CC.CC.FC1(F)CCNCC1. The first-order valence-electron chi connectivity index (χ1n) is 4.79. The molecule has 1 nitrogen and oxygen atoms in total. The van der Waals surface area contributed by atoms with Gasteiger partial charge < -0.3 is 5.32 Å². The summed E-state index contributed by atoms with van der Waals surface area (Å²) in [6.07, 6.45) is 0.0139. The van der Waals surface area contributed by atoms with Gasteiger partial charge in [-0.25, -0.2) is 8.78 Å². The maximum Gasteiger partial charge on any atom is 0.250 e. The van der Waals surface area contributed by atoms with Gasteiger partial charge in [0.15, 0.2) is 0 Å². The van der Waals surface area contributed by atoms with Crippen molar-refractivity contribution >= 4 is 0 Å². The molecule has 0 aromatic carbocycles. The maximum atomic E-state index is 12.2. The predicted octanol–water partition coefficient (Wildman–Crippen LogP) is 3.06. The third-order valence-electron chi connectivity index (χ3n) is 1.34. The molecule has 0 unspecified atom stereocenters. The van der Waals surface area contributed by atoms with E-state index in [0.717, 1.165) is 0 Å². The number of hydrogen-bond acceptors (Lipinski definition) is 1. The fourth-order valence-electron chi connectivity index (χ4n) is 0.793. The second kappa shape index (κ2) is 8.91. The van der Waals surface area contributed by atoms with E-state index in [4.69, 9.17) is 0 Å². The Kier molecular flexibility index (Phi) is 10.7. The van der Waals surface area contributed by atoms with Crippen LogP contribution in [0.4, 0.5) is 8.78 Å². The zero-order chi connectivity index (χ0) is 10.0. The van der Waals surface area contributed by atoms with Crippen LogP contribution in [0.3, 0.4) is 0 Å². The number of hydrogen-bond donors (Lipinski definition) is 1. The van der Waals surface area contributed by atoms with Gasteiger partial charge in [-0.05, 0) is 0 Å². The Hall–Kier alpha value is -0.180. The zero-order valence-electron chi connectivity index (χ0n) is 8.58. The molecule has 0 atom stereocenters. The average Bonchev–Trinajstić information content (AvgIpc) is 2.11. The fraction of sp³-hybridized carbons (Fsp3) is 1.00. The molecule has 0 spiro atoms. The van der Waals surface area contributed by atoms with E-state index >= 15 is 0 Å². The first-order valence-corrected chi connectivity index (χ1v) is 4.79. The van der Waals surface area contributed by atoms with Crippen LogP contribution < -0.4 is 5.32 Å². The van der Waals surface area contributed by atoms with Crippen molar-refractivity contribution in [1.82, 2.24) is 5.32 Å². The van der Waals surface area contributed by atoms with Gasteiger partial charge in [0.2, 0.25) is 0 Å². The Morgan fingerprint density at radius 2 is 1.25 bits per heavy atom. The summed E-state index contributed by atoms with van der Waals surface area (Å²) >= 11 is 0. The van der Waals surface area contributed by atoms with Crippen molar-refractivity contribution in [2.24, 2.45) is 0 Å². The Labute approximate surface area is 74.5 Å². The molecule has 1 heterocycles. The summed E-state index contributed by atoms with van der Waals surface area (Å²) < 4.78 is 24.3. The van der Waals surface area contributed by atoms with E-state index in [1.165, 1.54) is 0 Å². The first kappa shape index (κ1) is 14.3. The van der Waals surface area contributed by atoms with Crippen molar-refractivity contribution in [1.29, 1.82) is 0 Å². The minimum atomic E-state index is -2.38. The monoisotopic (exact) mass is 181 g/mol. The molecular weight excluding hydrogens is 160 g/mol. The van der Waals surface area contributed by atoms with E-state index in [9.17, 15) is 8.78 Å². The van der Waals surface area contributed by atoms with Crippen LogP contribution in [0.5, 0.6) is 0 Å². The van der Waals surface area contributed by atoms with Gasteiger partial charge in [0.25, 0.3) is 5.92 Å². The first-order chi connectivity index (χ1) is 5.71. The third-order valence-corrected chi connectivity index (χ3v) is 1.34. The van der Waals surface area contributed by atoms with Crippen LogP contribution in [0.25, 0.3) is 0 Å². The lowest BCUT2D eigenvalue weighted by Crippen LogP contribution is -2.35. The molecular formula is C9H21F2N. The van der Waals surface area contributed by atoms with Gasteiger partial charge in [-0.1, -0.05) is 27.7 Å². The number of piperidine rings is 1. The number of halogens is 2. The molecule has 1 fully saturated rings. The average molecular weight is 181 g/mol. The van der Waals surface area contributed by atoms with E-state index in [1.54, 1.807) is 0 Å². The molecule has 0 saturated carbocycles. The third kappa shape index (κ3) is 7.92. The normalized spacial score (nSPS) is 19.5. The smallest absolute Gasteiger partial charge is 0.250 e. The Bertz CT molecular complexity index is 76.6. The van der Waals surface area contributed by atoms with Crippen molar-refractivity contribution < 1.29 is 8.78 Å². The van der Waals surface area contributed by atoms with Crippen molar-refractivity contribution in [3.05, 3.63) is 0 Å². The molecule has 0 bridgehead atoms. The lowest BCUT2D eigenvalue weighted by Gasteiger charge is -2.21. The van der Waals surface area contributed by atoms with E-state index in [2.05, 4.69) is 5.32 Å². The zero-order valence-corrected chi connectivity index (χ0v) is 8.58. The van der Waals surface area contributed by atoms with Gasteiger partial charge in [-0.2, -0.15) is 0 Å². The quantitative estimate of drug-likeness (QED) is 0.605. The highest BCUT2D eigenvalue weighted by Gasteiger charge is 2.30. The molecule has 1 aliphatic rings. The van der Waals surface area contributed by atoms with Crippen LogP contribution in [-0.4, -0.2) is 19.0 Å². The van der Waals surface area contributed by atoms with Crippen LogP contribution >= 0.6 is 0 Å². The molecule has 0 radical (unpaired) electrons. The summed E-state index contributed by atoms with van der Waals surface area (Å²) in [4.78, 5) is 0. The topological polar surface area (TPSA) is 12.0 Å². The molecule has 1 saturated heterocycles.